The standard InChI is InChI=1S/C17H11Cl2NO4/c18-10-6-7-11(12(19)8-10)15-13(21)14(22)17(24-15)20-16(23)9-4-2-1-3-5-9/h1-8,21-22H,(H,20,23). The van der Waals surface area contributed by atoms with Crippen LogP contribution in [0.15, 0.2) is 52.9 Å². The van der Waals surface area contributed by atoms with Crippen molar-refractivity contribution in [3.05, 3.63) is 64.1 Å². The van der Waals surface area contributed by atoms with Crippen molar-refractivity contribution >= 4 is 35.0 Å². The van der Waals surface area contributed by atoms with Crippen molar-refractivity contribution in [1.29, 1.82) is 0 Å². The summed E-state index contributed by atoms with van der Waals surface area (Å²) in [6.45, 7) is 0. The van der Waals surface area contributed by atoms with E-state index in [1.807, 2.05) is 0 Å². The zero-order valence-corrected chi connectivity index (χ0v) is 13.6. The summed E-state index contributed by atoms with van der Waals surface area (Å²) in [6.07, 6.45) is 0. The molecule has 3 aromatic rings. The molecule has 0 saturated heterocycles. The van der Waals surface area contributed by atoms with E-state index in [0.717, 1.165) is 0 Å². The van der Waals surface area contributed by atoms with E-state index < -0.39 is 17.4 Å². The molecule has 0 saturated carbocycles. The highest BCUT2D eigenvalue weighted by Crippen LogP contribution is 2.47. The molecule has 0 radical (unpaired) electrons. The van der Waals surface area contributed by atoms with E-state index in [-0.39, 0.29) is 16.7 Å². The number of amides is 1. The molecule has 0 atom stereocenters. The Hall–Kier alpha value is -2.63. The highest BCUT2D eigenvalue weighted by atomic mass is 35.5. The lowest BCUT2D eigenvalue weighted by Crippen LogP contribution is -2.11. The number of hydrogen-bond donors (Lipinski definition) is 3. The van der Waals surface area contributed by atoms with Gasteiger partial charge in [0, 0.05) is 16.1 Å². The van der Waals surface area contributed by atoms with Gasteiger partial charge in [0.1, 0.15) is 0 Å². The molecule has 122 valence electrons. The van der Waals surface area contributed by atoms with E-state index >= 15 is 0 Å². The second-order valence-corrected chi connectivity index (χ2v) is 5.75. The van der Waals surface area contributed by atoms with Gasteiger partial charge in [-0.1, -0.05) is 41.4 Å². The van der Waals surface area contributed by atoms with Crippen molar-refractivity contribution in [2.24, 2.45) is 0 Å². The number of halogens is 2. The number of aromatic hydroxyl groups is 2. The van der Waals surface area contributed by atoms with Crippen LogP contribution in [0.2, 0.25) is 10.0 Å². The third kappa shape index (κ3) is 3.04. The van der Waals surface area contributed by atoms with Crippen molar-refractivity contribution in [3.8, 4) is 22.8 Å². The molecule has 0 aliphatic rings. The highest BCUT2D eigenvalue weighted by Gasteiger charge is 2.24. The summed E-state index contributed by atoms with van der Waals surface area (Å²) in [7, 11) is 0. The number of anilines is 1. The minimum Gasteiger partial charge on any atom is -0.502 e. The number of benzene rings is 2. The summed E-state index contributed by atoms with van der Waals surface area (Å²) < 4.78 is 5.38. The van der Waals surface area contributed by atoms with Crippen LogP contribution in [0.3, 0.4) is 0 Å². The predicted molar refractivity (Wildman–Crippen MR) is 91.9 cm³/mol. The van der Waals surface area contributed by atoms with Crippen molar-refractivity contribution in [2.45, 2.75) is 0 Å². The summed E-state index contributed by atoms with van der Waals surface area (Å²) in [6, 6.07) is 12.9. The van der Waals surface area contributed by atoms with Gasteiger partial charge in [0.05, 0.1) is 5.02 Å². The second-order valence-electron chi connectivity index (χ2n) is 4.90. The summed E-state index contributed by atoms with van der Waals surface area (Å²) >= 11 is 11.9. The lowest BCUT2D eigenvalue weighted by molar-refractivity contribution is 0.102. The Bertz CT molecular complexity index is 906. The first kappa shape index (κ1) is 16.2. The minimum atomic E-state index is -0.583. The van der Waals surface area contributed by atoms with Crippen molar-refractivity contribution in [3.63, 3.8) is 0 Å². The monoisotopic (exact) mass is 363 g/mol. The molecule has 1 heterocycles. The Morgan fingerprint density at radius 1 is 1.00 bits per heavy atom. The molecule has 1 aromatic heterocycles. The van der Waals surface area contributed by atoms with Crippen LogP contribution in [0.5, 0.6) is 11.5 Å². The molecule has 3 rings (SSSR count). The summed E-state index contributed by atoms with van der Waals surface area (Å²) in [5.74, 6) is -1.95. The minimum absolute atomic E-state index is 0.0717. The Balaban J connectivity index is 1.95. The van der Waals surface area contributed by atoms with Gasteiger partial charge >= 0.3 is 0 Å². The van der Waals surface area contributed by atoms with Gasteiger partial charge in [0.15, 0.2) is 5.76 Å². The molecule has 1 amide bonds. The maximum absolute atomic E-state index is 12.1. The number of rotatable bonds is 3. The van der Waals surface area contributed by atoms with Gasteiger partial charge in [-0.2, -0.15) is 0 Å². The second kappa shape index (κ2) is 6.47. The Morgan fingerprint density at radius 2 is 1.71 bits per heavy atom. The summed E-state index contributed by atoms with van der Waals surface area (Å²) in [5.41, 5.74) is 0.702. The van der Waals surface area contributed by atoms with Gasteiger partial charge < -0.3 is 14.6 Å². The van der Waals surface area contributed by atoms with Gasteiger partial charge in [-0.25, -0.2) is 0 Å². The molecule has 0 bridgehead atoms. The number of hydrogen-bond acceptors (Lipinski definition) is 4. The van der Waals surface area contributed by atoms with E-state index in [2.05, 4.69) is 5.32 Å². The summed E-state index contributed by atoms with van der Waals surface area (Å²) in [5, 5.41) is 23.1. The molecule has 7 heteroatoms. The molecular weight excluding hydrogens is 353 g/mol. The molecule has 0 fully saturated rings. The average Bonchev–Trinajstić information content (AvgIpc) is 2.84. The lowest BCUT2D eigenvalue weighted by Gasteiger charge is -2.03. The van der Waals surface area contributed by atoms with Crippen LogP contribution in [0.4, 0.5) is 5.88 Å². The SMILES string of the molecule is O=C(Nc1oc(-c2ccc(Cl)cc2Cl)c(O)c1O)c1ccccc1. The molecule has 5 nitrogen and oxygen atoms in total. The van der Waals surface area contributed by atoms with Gasteiger partial charge in [0.2, 0.25) is 17.4 Å². The van der Waals surface area contributed by atoms with E-state index in [9.17, 15) is 15.0 Å². The number of carbonyl (C=O) groups excluding carboxylic acids is 1. The fraction of sp³-hybridized carbons (Fsp3) is 0. The number of carbonyl (C=O) groups is 1. The van der Waals surface area contributed by atoms with Crippen LogP contribution < -0.4 is 5.32 Å². The van der Waals surface area contributed by atoms with E-state index in [1.165, 1.54) is 12.1 Å². The normalized spacial score (nSPS) is 10.6. The van der Waals surface area contributed by atoms with Crippen molar-refractivity contribution in [1.82, 2.24) is 0 Å². The quantitative estimate of drug-likeness (QED) is 0.616. The van der Waals surface area contributed by atoms with E-state index in [1.54, 1.807) is 36.4 Å². The topological polar surface area (TPSA) is 82.7 Å². The first-order valence-electron chi connectivity index (χ1n) is 6.84. The zero-order chi connectivity index (χ0) is 17.3. The number of nitrogens with one attached hydrogen (secondary N) is 1. The van der Waals surface area contributed by atoms with Gasteiger partial charge in [-0.05, 0) is 30.3 Å². The predicted octanol–water partition coefficient (Wildman–Crippen LogP) is 4.92. The first-order chi connectivity index (χ1) is 11.5. The largest absolute Gasteiger partial charge is 0.502 e. The van der Waals surface area contributed by atoms with Crippen molar-refractivity contribution < 1.29 is 19.4 Å². The van der Waals surface area contributed by atoms with Crippen LogP contribution in [0, 0.1) is 0 Å². The first-order valence-corrected chi connectivity index (χ1v) is 7.59. The van der Waals surface area contributed by atoms with Gasteiger partial charge in [-0.3, -0.25) is 10.1 Å². The molecule has 24 heavy (non-hydrogen) atoms. The third-order valence-electron chi connectivity index (χ3n) is 3.30. The van der Waals surface area contributed by atoms with E-state index in [4.69, 9.17) is 27.6 Å². The lowest BCUT2D eigenvalue weighted by atomic mass is 10.1. The molecule has 0 aliphatic heterocycles. The third-order valence-corrected chi connectivity index (χ3v) is 3.85. The van der Waals surface area contributed by atoms with Gasteiger partial charge in [-0.15, -0.1) is 0 Å². The Labute approximate surface area is 147 Å². The Morgan fingerprint density at radius 3 is 2.38 bits per heavy atom. The molecule has 2 aromatic carbocycles. The number of furan rings is 1. The molecule has 0 unspecified atom stereocenters. The molecule has 0 spiro atoms. The maximum atomic E-state index is 12.1. The average molecular weight is 364 g/mol. The summed E-state index contributed by atoms with van der Waals surface area (Å²) in [4.78, 5) is 12.1. The van der Waals surface area contributed by atoms with Crippen molar-refractivity contribution in [2.75, 3.05) is 5.32 Å². The fourth-order valence-corrected chi connectivity index (χ4v) is 2.61. The maximum Gasteiger partial charge on any atom is 0.258 e. The highest BCUT2D eigenvalue weighted by molar-refractivity contribution is 6.36. The molecule has 0 aliphatic carbocycles. The molecule has 3 N–H and O–H groups in total. The van der Waals surface area contributed by atoms with Crippen LogP contribution in [0.25, 0.3) is 11.3 Å². The fourth-order valence-electron chi connectivity index (χ4n) is 2.12. The van der Waals surface area contributed by atoms with Crippen LogP contribution in [-0.4, -0.2) is 16.1 Å². The Kier molecular flexibility index (Phi) is 4.38. The van der Waals surface area contributed by atoms with E-state index in [0.29, 0.717) is 16.1 Å². The van der Waals surface area contributed by atoms with Crippen LogP contribution in [0.1, 0.15) is 10.4 Å². The van der Waals surface area contributed by atoms with Gasteiger partial charge in [0.25, 0.3) is 5.91 Å². The zero-order valence-electron chi connectivity index (χ0n) is 12.1. The molecular formula is C17H11Cl2NO4. The van der Waals surface area contributed by atoms with Crippen LogP contribution in [-0.2, 0) is 0 Å². The smallest absolute Gasteiger partial charge is 0.258 e. The van der Waals surface area contributed by atoms with Crippen LogP contribution >= 0.6 is 23.2 Å².